The normalized spacial score (nSPS) is 13.9. The first-order valence-corrected chi connectivity index (χ1v) is 8.72. The summed E-state index contributed by atoms with van der Waals surface area (Å²) in [5.41, 5.74) is 0.0964. The zero-order chi connectivity index (χ0) is 21.4. The van der Waals surface area contributed by atoms with Gasteiger partial charge in [-0.05, 0) is 54.1 Å². The first-order chi connectivity index (χ1) is 14.3. The molecule has 0 atom stereocenters. The minimum absolute atomic E-state index is 0.0330. The summed E-state index contributed by atoms with van der Waals surface area (Å²) >= 11 is 0. The van der Waals surface area contributed by atoms with Crippen LogP contribution in [0.2, 0.25) is 0 Å². The van der Waals surface area contributed by atoms with E-state index in [0.717, 1.165) is 41.3 Å². The van der Waals surface area contributed by atoms with E-state index in [1.165, 1.54) is 30.3 Å². The maximum atomic E-state index is 13.6. The molecule has 1 aliphatic rings. The predicted octanol–water partition coefficient (Wildman–Crippen LogP) is 4.64. The van der Waals surface area contributed by atoms with Gasteiger partial charge in [0.15, 0.2) is 11.6 Å². The number of rotatable bonds is 4. The van der Waals surface area contributed by atoms with Crippen LogP contribution >= 0.6 is 0 Å². The van der Waals surface area contributed by atoms with E-state index in [2.05, 4.69) is 5.32 Å². The molecule has 3 aromatic carbocycles. The number of nitrogens with one attached hydrogen (secondary N) is 1. The molecule has 0 aromatic heterocycles. The average Bonchev–Trinajstić information content (AvgIpc) is 2.96. The van der Waals surface area contributed by atoms with Crippen molar-refractivity contribution >= 4 is 28.8 Å². The molecule has 2 amide bonds. The summed E-state index contributed by atoms with van der Waals surface area (Å²) in [5.74, 6) is -4.82. The van der Waals surface area contributed by atoms with Gasteiger partial charge < -0.3 is 5.32 Å². The number of carbonyl (C=O) groups excluding carboxylic acids is 2. The smallest absolute Gasteiger partial charge is 0.282 e. The van der Waals surface area contributed by atoms with Crippen molar-refractivity contribution in [3.8, 4) is 0 Å². The van der Waals surface area contributed by atoms with Gasteiger partial charge in [-0.25, -0.2) is 22.5 Å². The van der Waals surface area contributed by atoms with Gasteiger partial charge in [-0.1, -0.05) is 12.1 Å². The summed E-state index contributed by atoms with van der Waals surface area (Å²) in [5, 5.41) is 2.66. The van der Waals surface area contributed by atoms with Crippen LogP contribution in [0.1, 0.15) is 5.56 Å². The minimum atomic E-state index is -1.14. The highest BCUT2D eigenvalue weighted by Crippen LogP contribution is 2.34. The molecule has 30 heavy (non-hydrogen) atoms. The molecule has 1 N–H and O–H groups in total. The molecule has 1 heterocycles. The summed E-state index contributed by atoms with van der Waals surface area (Å²) in [4.78, 5) is 27.0. The van der Waals surface area contributed by atoms with Crippen molar-refractivity contribution in [1.29, 1.82) is 0 Å². The average molecular weight is 412 g/mol. The van der Waals surface area contributed by atoms with Crippen LogP contribution in [0, 0.1) is 23.3 Å². The molecule has 1 aliphatic heterocycles. The van der Waals surface area contributed by atoms with Crippen molar-refractivity contribution in [2.45, 2.75) is 0 Å². The molecule has 0 spiro atoms. The first kappa shape index (κ1) is 19.4. The zero-order valence-corrected chi connectivity index (χ0v) is 15.1. The molecule has 4 rings (SSSR count). The van der Waals surface area contributed by atoms with Gasteiger partial charge in [0.05, 0.1) is 11.3 Å². The summed E-state index contributed by atoms with van der Waals surface area (Å²) < 4.78 is 53.5. The number of halogens is 4. The minimum Gasteiger partial charge on any atom is -0.350 e. The lowest BCUT2D eigenvalue weighted by Crippen LogP contribution is -2.32. The zero-order valence-electron chi connectivity index (χ0n) is 15.1. The Hall–Kier alpha value is -3.94. The maximum absolute atomic E-state index is 13.6. The topological polar surface area (TPSA) is 49.4 Å². The summed E-state index contributed by atoms with van der Waals surface area (Å²) in [7, 11) is 0. The van der Waals surface area contributed by atoms with Gasteiger partial charge in [0.1, 0.15) is 17.3 Å². The number of carbonyl (C=O) groups is 2. The van der Waals surface area contributed by atoms with Crippen LogP contribution in [0.3, 0.4) is 0 Å². The molecule has 0 bridgehead atoms. The number of hydrogen-bond acceptors (Lipinski definition) is 3. The van der Waals surface area contributed by atoms with E-state index in [-0.39, 0.29) is 28.2 Å². The quantitative estimate of drug-likeness (QED) is 0.502. The van der Waals surface area contributed by atoms with E-state index in [4.69, 9.17) is 0 Å². The highest BCUT2D eigenvalue weighted by molar-refractivity contribution is 6.46. The molecule has 0 unspecified atom stereocenters. The van der Waals surface area contributed by atoms with E-state index < -0.39 is 35.1 Å². The Kier molecular flexibility index (Phi) is 4.83. The standard InChI is InChI=1S/C22H12F4N2O2/c23-13-3-1-12(2-4-13)19-20(27-15-7-10-17(25)18(26)11-15)22(30)28(21(19)29)16-8-5-14(24)6-9-16/h1-11,27H. The van der Waals surface area contributed by atoms with Crippen molar-refractivity contribution in [2.75, 3.05) is 10.2 Å². The lowest BCUT2D eigenvalue weighted by molar-refractivity contribution is -0.120. The van der Waals surface area contributed by atoms with Crippen LogP contribution in [-0.2, 0) is 9.59 Å². The summed E-state index contributed by atoms with van der Waals surface area (Å²) in [6.45, 7) is 0. The van der Waals surface area contributed by atoms with Crippen LogP contribution in [0.5, 0.6) is 0 Å². The Morgan fingerprint density at radius 2 is 1.27 bits per heavy atom. The summed E-state index contributed by atoms with van der Waals surface area (Å²) in [6, 6.07) is 12.5. The Morgan fingerprint density at radius 1 is 0.667 bits per heavy atom. The Morgan fingerprint density at radius 3 is 1.87 bits per heavy atom. The van der Waals surface area contributed by atoms with Gasteiger partial charge in [0.25, 0.3) is 11.8 Å². The highest BCUT2D eigenvalue weighted by atomic mass is 19.2. The first-order valence-electron chi connectivity index (χ1n) is 8.72. The van der Waals surface area contributed by atoms with Crippen molar-refractivity contribution in [3.63, 3.8) is 0 Å². The fourth-order valence-corrected chi connectivity index (χ4v) is 3.07. The van der Waals surface area contributed by atoms with Gasteiger partial charge in [-0.2, -0.15) is 0 Å². The molecule has 150 valence electrons. The Labute approximate surface area is 168 Å². The largest absolute Gasteiger partial charge is 0.350 e. The van der Waals surface area contributed by atoms with Crippen molar-refractivity contribution in [2.24, 2.45) is 0 Å². The van der Waals surface area contributed by atoms with E-state index in [0.29, 0.717) is 0 Å². The molecule has 0 fully saturated rings. The fraction of sp³-hybridized carbons (Fsp3) is 0. The Bertz CT molecular complexity index is 1190. The third-order valence-corrected chi connectivity index (χ3v) is 4.49. The lowest BCUT2D eigenvalue weighted by atomic mass is 10.0. The molecule has 0 aliphatic carbocycles. The second kappa shape index (κ2) is 7.47. The molecule has 4 nitrogen and oxygen atoms in total. The summed E-state index contributed by atoms with van der Waals surface area (Å²) in [6.07, 6.45) is 0. The van der Waals surface area contributed by atoms with Crippen LogP contribution in [-0.4, -0.2) is 11.8 Å². The van der Waals surface area contributed by atoms with Gasteiger partial charge in [0, 0.05) is 11.8 Å². The molecule has 0 saturated heterocycles. The third-order valence-electron chi connectivity index (χ3n) is 4.49. The number of hydrogen-bond donors (Lipinski definition) is 1. The Balaban J connectivity index is 1.82. The van der Waals surface area contributed by atoms with E-state index >= 15 is 0 Å². The second-order valence-corrected chi connectivity index (χ2v) is 6.43. The number of nitrogens with zero attached hydrogens (tertiary/aromatic N) is 1. The van der Waals surface area contributed by atoms with Gasteiger partial charge >= 0.3 is 0 Å². The molecular formula is C22H12F4N2O2. The molecule has 0 saturated carbocycles. The monoisotopic (exact) mass is 412 g/mol. The second-order valence-electron chi connectivity index (χ2n) is 6.43. The number of imide groups is 1. The lowest BCUT2D eigenvalue weighted by Gasteiger charge is -2.15. The SMILES string of the molecule is O=C1C(Nc2ccc(F)c(F)c2)=C(c2ccc(F)cc2)C(=O)N1c1ccc(F)cc1. The van der Waals surface area contributed by atoms with E-state index in [1.807, 2.05) is 0 Å². The van der Waals surface area contributed by atoms with Crippen LogP contribution in [0.4, 0.5) is 28.9 Å². The highest BCUT2D eigenvalue weighted by Gasteiger charge is 2.40. The van der Waals surface area contributed by atoms with Crippen LogP contribution in [0.15, 0.2) is 72.4 Å². The van der Waals surface area contributed by atoms with Gasteiger partial charge in [-0.3, -0.25) is 9.59 Å². The third kappa shape index (κ3) is 3.43. The van der Waals surface area contributed by atoms with Crippen LogP contribution < -0.4 is 10.2 Å². The predicted molar refractivity (Wildman–Crippen MR) is 102 cm³/mol. The number of anilines is 2. The van der Waals surface area contributed by atoms with Crippen molar-refractivity contribution < 1.29 is 27.2 Å². The number of amides is 2. The van der Waals surface area contributed by atoms with Gasteiger partial charge in [-0.15, -0.1) is 0 Å². The molecule has 8 heteroatoms. The van der Waals surface area contributed by atoms with Gasteiger partial charge in [0.2, 0.25) is 0 Å². The van der Waals surface area contributed by atoms with Crippen LogP contribution in [0.25, 0.3) is 5.57 Å². The molecule has 0 radical (unpaired) electrons. The molecular weight excluding hydrogens is 400 g/mol. The molecule has 3 aromatic rings. The van der Waals surface area contributed by atoms with E-state index in [9.17, 15) is 27.2 Å². The van der Waals surface area contributed by atoms with Crippen molar-refractivity contribution in [3.05, 3.63) is 101 Å². The van der Waals surface area contributed by atoms with Crippen molar-refractivity contribution in [1.82, 2.24) is 0 Å². The fourth-order valence-electron chi connectivity index (χ4n) is 3.07. The number of benzene rings is 3. The maximum Gasteiger partial charge on any atom is 0.282 e. The van der Waals surface area contributed by atoms with E-state index in [1.54, 1.807) is 0 Å².